The van der Waals surface area contributed by atoms with E-state index in [0.717, 1.165) is 38.8 Å². The smallest absolute Gasteiger partial charge is 0.240 e. The summed E-state index contributed by atoms with van der Waals surface area (Å²) < 4.78 is 0. The summed E-state index contributed by atoms with van der Waals surface area (Å²) in [6.45, 7) is 4.01. The molecule has 18 heavy (non-hydrogen) atoms. The first-order valence-corrected chi connectivity index (χ1v) is 8.47. The summed E-state index contributed by atoms with van der Waals surface area (Å²) in [7, 11) is 0. The molecule has 2 heterocycles. The normalized spacial score (nSPS) is 32.4. The van der Waals surface area contributed by atoms with Gasteiger partial charge < -0.3 is 10.6 Å². The van der Waals surface area contributed by atoms with Crippen molar-refractivity contribution in [3.63, 3.8) is 0 Å². The Morgan fingerprint density at radius 3 is 2.94 bits per heavy atom. The van der Waals surface area contributed by atoms with E-state index in [1.807, 2.05) is 11.8 Å². The first kappa shape index (κ1) is 14.2. The van der Waals surface area contributed by atoms with E-state index in [9.17, 15) is 4.79 Å². The molecule has 2 aliphatic heterocycles. The maximum atomic E-state index is 12.4. The largest absolute Gasteiger partial charge is 0.353 e. The molecule has 3 nitrogen and oxygen atoms in total. The lowest BCUT2D eigenvalue weighted by atomic mass is 9.91. The average Bonchev–Trinajstić information content (AvgIpc) is 2.87. The van der Waals surface area contributed by atoms with Crippen LogP contribution in [0.25, 0.3) is 0 Å². The van der Waals surface area contributed by atoms with Gasteiger partial charge in [0.25, 0.3) is 0 Å². The molecule has 0 radical (unpaired) electrons. The Morgan fingerprint density at radius 2 is 2.33 bits per heavy atom. The van der Waals surface area contributed by atoms with Gasteiger partial charge in [0.15, 0.2) is 0 Å². The molecule has 2 rings (SSSR count). The highest BCUT2D eigenvalue weighted by Gasteiger charge is 2.39. The number of thioether (sulfide) groups is 1. The molecular formula is C14H26N2OS. The van der Waals surface area contributed by atoms with Gasteiger partial charge in [-0.3, -0.25) is 4.79 Å². The predicted molar refractivity (Wildman–Crippen MR) is 78.0 cm³/mol. The molecule has 1 amide bonds. The van der Waals surface area contributed by atoms with Crippen molar-refractivity contribution in [2.75, 3.05) is 18.8 Å². The molecule has 104 valence electrons. The minimum atomic E-state index is -0.256. The van der Waals surface area contributed by atoms with Crippen molar-refractivity contribution in [1.29, 1.82) is 0 Å². The van der Waals surface area contributed by atoms with Crippen LogP contribution in [0.2, 0.25) is 0 Å². The Hall–Kier alpha value is -0.220. The van der Waals surface area contributed by atoms with E-state index < -0.39 is 0 Å². The molecular weight excluding hydrogens is 244 g/mol. The minimum absolute atomic E-state index is 0.244. The van der Waals surface area contributed by atoms with Gasteiger partial charge in [0.05, 0.1) is 5.54 Å². The van der Waals surface area contributed by atoms with Crippen LogP contribution in [0.15, 0.2) is 0 Å². The number of rotatable bonds is 5. The van der Waals surface area contributed by atoms with Crippen LogP contribution in [0, 0.1) is 0 Å². The van der Waals surface area contributed by atoms with Crippen LogP contribution in [0.4, 0.5) is 0 Å². The first-order chi connectivity index (χ1) is 8.77. The number of carbonyl (C=O) groups excluding carboxylic acids is 1. The van der Waals surface area contributed by atoms with Crippen LogP contribution >= 0.6 is 11.8 Å². The number of hydrogen-bond acceptors (Lipinski definition) is 3. The third kappa shape index (κ3) is 3.41. The third-order valence-corrected chi connectivity index (χ3v) is 5.52. The van der Waals surface area contributed by atoms with Crippen molar-refractivity contribution in [3.05, 3.63) is 0 Å². The minimum Gasteiger partial charge on any atom is -0.353 e. The molecule has 4 heteroatoms. The van der Waals surface area contributed by atoms with Crippen molar-refractivity contribution in [3.8, 4) is 0 Å². The topological polar surface area (TPSA) is 41.1 Å². The molecule has 2 atom stereocenters. The Morgan fingerprint density at radius 1 is 1.44 bits per heavy atom. The van der Waals surface area contributed by atoms with Crippen molar-refractivity contribution < 1.29 is 4.79 Å². The maximum Gasteiger partial charge on any atom is 0.240 e. The highest BCUT2D eigenvalue weighted by Crippen LogP contribution is 2.27. The Bertz CT molecular complexity index is 271. The molecule has 0 spiro atoms. The Labute approximate surface area is 115 Å². The Balaban J connectivity index is 1.81. The van der Waals surface area contributed by atoms with Gasteiger partial charge in [-0.15, -0.1) is 0 Å². The summed E-state index contributed by atoms with van der Waals surface area (Å²) in [5.74, 6) is 1.51. The zero-order valence-electron chi connectivity index (χ0n) is 11.5. The third-order valence-electron chi connectivity index (χ3n) is 4.12. The van der Waals surface area contributed by atoms with Crippen molar-refractivity contribution >= 4 is 17.7 Å². The van der Waals surface area contributed by atoms with Crippen molar-refractivity contribution in [1.82, 2.24) is 10.6 Å². The van der Waals surface area contributed by atoms with Gasteiger partial charge in [-0.25, -0.2) is 0 Å². The highest BCUT2D eigenvalue weighted by molar-refractivity contribution is 7.99. The number of nitrogens with one attached hydrogen (secondary N) is 2. The summed E-state index contributed by atoms with van der Waals surface area (Å²) in [6, 6.07) is 0. The average molecular weight is 270 g/mol. The summed E-state index contributed by atoms with van der Waals surface area (Å²) in [5.41, 5.74) is -0.256. The first-order valence-electron chi connectivity index (χ1n) is 7.42. The summed E-state index contributed by atoms with van der Waals surface area (Å²) in [5, 5.41) is 7.28. The molecule has 0 saturated carbocycles. The van der Waals surface area contributed by atoms with E-state index in [-0.39, 0.29) is 11.4 Å². The standard InChI is InChI=1S/C14H26N2OS/c1-2-7-14(8-5-9-16-14)13(17)15-11-12-6-3-4-10-18-12/h12,16H,2-11H2,1H3,(H,15,17). The predicted octanol–water partition coefficient (Wildman–Crippen LogP) is 2.31. The van der Waals surface area contributed by atoms with E-state index in [1.165, 1.54) is 25.0 Å². The molecule has 0 aliphatic carbocycles. The number of amides is 1. The molecule has 2 unspecified atom stereocenters. The summed E-state index contributed by atoms with van der Waals surface area (Å²) >= 11 is 2.02. The van der Waals surface area contributed by atoms with E-state index in [2.05, 4.69) is 17.6 Å². The quantitative estimate of drug-likeness (QED) is 0.805. The lowest BCUT2D eigenvalue weighted by molar-refractivity contribution is -0.127. The van der Waals surface area contributed by atoms with Gasteiger partial charge in [0.1, 0.15) is 0 Å². The van der Waals surface area contributed by atoms with E-state index >= 15 is 0 Å². The van der Waals surface area contributed by atoms with Crippen LogP contribution in [0.1, 0.15) is 51.9 Å². The number of hydrogen-bond donors (Lipinski definition) is 2. The number of carbonyl (C=O) groups is 1. The fourth-order valence-electron chi connectivity index (χ4n) is 3.10. The molecule has 2 saturated heterocycles. The van der Waals surface area contributed by atoms with Crippen molar-refractivity contribution in [2.45, 2.75) is 62.7 Å². The second kappa shape index (κ2) is 6.80. The van der Waals surface area contributed by atoms with E-state index in [4.69, 9.17) is 0 Å². The van der Waals surface area contributed by atoms with Gasteiger partial charge in [-0.2, -0.15) is 11.8 Å². The van der Waals surface area contributed by atoms with Crippen LogP contribution in [-0.2, 0) is 4.79 Å². The Kier molecular flexibility index (Phi) is 5.37. The molecule has 0 aromatic heterocycles. The van der Waals surface area contributed by atoms with Crippen molar-refractivity contribution in [2.24, 2.45) is 0 Å². The van der Waals surface area contributed by atoms with Gasteiger partial charge in [-0.1, -0.05) is 19.8 Å². The van der Waals surface area contributed by atoms with Gasteiger partial charge in [0.2, 0.25) is 5.91 Å². The fraction of sp³-hybridized carbons (Fsp3) is 0.929. The van der Waals surface area contributed by atoms with Gasteiger partial charge in [0, 0.05) is 11.8 Å². The second-order valence-electron chi connectivity index (χ2n) is 5.56. The summed E-state index contributed by atoms with van der Waals surface area (Å²) in [4.78, 5) is 12.4. The van der Waals surface area contributed by atoms with Crippen LogP contribution < -0.4 is 10.6 Å². The molecule has 2 aliphatic rings. The second-order valence-corrected chi connectivity index (χ2v) is 6.97. The molecule has 0 bridgehead atoms. The van der Waals surface area contributed by atoms with E-state index in [1.54, 1.807) is 0 Å². The van der Waals surface area contributed by atoms with Crippen LogP contribution in [0.5, 0.6) is 0 Å². The maximum absolute atomic E-state index is 12.4. The zero-order valence-corrected chi connectivity index (χ0v) is 12.3. The lowest BCUT2D eigenvalue weighted by Gasteiger charge is -2.29. The SMILES string of the molecule is CCCC1(C(=O)NCC2CCCCS2)CCCN1. The monoisotopic (exact) mass is 270 g/mol. The van der Waals surface area contributed by atoms with Gasteiger partial charge >= 0.3 is 0 Å². The molecule has 0 aromatic rings. The fourth-order valence-corrected chi connectivity index (χ4v) is 4.34. The lowest BCUT2D eigenvalue weighted by Crippen LogP contribution is -2.54. The molecule has 2 N–H and O–H groups in total. The summed E-state index contributed by atoms with van der Waals surface area (Å²) in [6.07, 6.45) is 8.10. The van der Waals surface area contributed by atoms with Crippen LogP contribution in [-0.4, -0.2) is 35.5 Å². The molecule has 2 fully saturated rings. The van der Waals surface area contributed by atoms with Gasteiger partial charge in [-0.05, 0) is 44.4 Å². The highest BCUT2D eigenvalue weighted by atomic mass is 32.2. The molecule has 0 aromatic carbocycles. The zero-order chi connectivity index (χ0) is 12.8. The van der Waals surface area contributed by atoms with Crippen LogP contribution in [0.3, 0.4) is 0 Å². The van der Waals surface area contributed by atoms with E-state index in [0.29, 0.717) is 5.25 Å².